The average Bonchev–Trinajstić information content (AvgIpc) is 3.49. The molecule has 2 atom stereocenters. The molecule has 0 amide bonds. The van der Waals surface area contributed by atoms with Gasteiger partial charge in [-0.25, -0.2) is 17.4 Å². The van der Waals surface area contributed by atoms with Crippen LogP contribution in [0, 0.1) is 24.4 Å². The second-order valence-corrected chi connectivity index (χ2v) is 8.93. The summed E-state index contributed by atoms with van der Waals surface area (Å²) in [6, 6.07) is 5.01. The molecule has 6 nitrogen and oxygen atoms in total. The van der Waals surface area contributed by atoms with Crippen LogP contribution in [0.15, 0.2) is 24.3 Å². The zero-order valence-corrected chi connectivity index (χ0v) is 17.3. The standard InChI is InChI=1S/C20H23F3N2O4S/c1-11-3-4-15(13(21)7-11)24-19-17(23)14(22)8-16(29-2)18(19)25-30(28)20(5-6-20)9-12(27)10-26/h3-4,7-8,12,24-27H,5-6,9-10H2,1-2H3/t12-,30?/m0/s1. The fraction of sp³-hybridized carbons (Fsp3) is 0.400. The molecule has 0 aliphatic heterocycles. The van der Waals surface area contributed by atoms with Crippen molar-refractivity contribution in [1.82, 2.24) is 0 Å². The van der Waals surface area contributed by atoms with Crippen LogP contribution in [0.25, 0.3) is 0 Å². The highest BCUT2D eigenvalue weighted by molar-refractivity contribution is 7.88. The number of benzene rings is 2. The van der Waals surface area contributed by atoms with Gasteiger partial charge in [0.1, 0.15) is 33.9 Å². The predicted octanol–water partition coefficient (Wildman–Crippen LogP) is 3.52. The summed E-state index contributed by atoms with van der Waals surface area (Å²) in [5.41, 5.74) is -0.0494. The molecule has 1 fully saturated rings. The molecule has 0 saturated heterocycles. The predicted molar refractivity (Wildman–Crippen MR) is 109 cm³/mol. The summed E-state index contributed by atoms with van der Waals surface area (Å²) < 4.78 is 63.0. The molecule has 0 aromatic heterocycles. The van der Waals surface area contributed by atoms with Crippen molar-refractivity contribution >= 4 is 28.0 Å². The van der Waals surface area contributed by atoms with Gasteiger partial charge in [0.2, 0.25) is 0 Å². The van der Waals surface area contributed by atoms with E-state index in [-0.39, 0.29) is 23.5 Å². The molecule has 2 aromatic carbocycles. The summed E-state index contributed by atoms with van der Waals surface area (Å²) in [7, 11) is -0.585. The van der Waals surface area contributed by atoms with Crippen LogP contribution >= 0.6 is 0 Å². The van der Waals surface area contributed by atoms with Gasteiger partial charge in [0.15, 0.2) is 11.6 Å². The third-order valence-electron chi connectivity index (χ3n) is 5.00. The monoisotopic (exact) mass is 444 g/mol. The van der Waals surface area contributed by atoms with Gasteiger partial charge in [0.25, 0.3) is 0 Å². The first-order valence-corrected chi connectivity index (χ1v) is 10.4. The van der Waals surface area contributed by atoms with Crippen molar-refractivity contribution in [3.8, 4) is 5.75 Å². The van der Waals surface area contributed by atoms with Crippen LogP contribution in [0.4, 0.5) is 30.2 Å². The highest BCUT2D eigenvalue weighted by Crippen LogP contribution is 2.48. The molecule has 4 N–H and O–H groups in total. The second-order valence-electron chi connectivity index (χ2n) is 7.33. The van der Waals surface area contributed by atoms with E-state index in [0.29, 0.717) is 18.4 Å². The number of rotatable bonds is 9. The molecule has 30 heavy (non-hydrogen) atoms. The van der Waals surface area contributed by atoms with Crippen molar-refractivity contribution in [1.29, 1.82) is 0 Å². The highest BCUT2D eigenvalue weighted by atomic mass is 32.2. The summed E-state index contributed by atoms with van der Waals surface area (Å²) >= 11 is 0. The second kappa shape index (κ2) is 8.83. The van der Waals surface area contributed by atoms with Crippen LogP contribution in [0.2, 0.25) is 0 Å². The number of hydrogen-bond donors (Lipinski definition) is 4. The van der Waals surface area contributed by atoms with Gasteiger partial charge in [0.05, 0.1) is 30.3 Å². The molecule has 164 valence electrons. The minimum absolute atomic E-state index is 0.0739. The molecule has 0 spiro atoms. The molecule has 0 bridgehead atoms. The topological polar surface area (TPSA) is 90.8 Å². The first kappa shape index (κ1) is 22.4. The van der Waals surface area contributed by atoms with Gasteiger partial charge >= 0.3 is 0 Å². The van der Waals surface area contributed by atoms with Crippen LogP contribution in [-0.2, 0) is 11.0 Å². The Morgan fingerprint density at radius 3 is 2.47 bits per heavy atom. The zero-order chi connectivity index (χ0) is 22.1. The van der Waals surface area contributed by atoms with Crippen molar-refractivity contribution in [3.63, 3.8) is 0 Å². The van der Waals surface area contributed by atoms with E-state index in [1.165, 1.54) is 19.2 Å². The fourth-order valence-corrected chi connectivity index (χ4v) is 4.56. The highest BCUT2D eigenvalue weighted by Gasteiger charge is 2.50. The molecule has 0 radical (unpaired) electrons. The normalized spacial score (nSPS) is 16.6. The minimum atomic E-state index is -1.82. The van der Waals surface area contributed by atoms with E-state index in [1.807, 2.05) is 0 Å². The molecule has 0 heterocycles. The van der Waals surface area contributed by atoms with Crippen LogP contribution < -0.4 is 14.8 Å². The smallest absolute Gasteiger partial charge is 0.184 e. The maximum Gasteiger partial charge on any atom is 0.184 e. The molecule has 1 saturated carbocycles. The van der Waals surface area contributed by atoms with Crippen molar-refractivity contribution in [2.75, 3.05) is 23.8 Å². The average molecular weight is 444 g/mol. The zero-order valence-electron chi connectivity index (χ0n) is 16.5. The lowest BCUT2D eigenvalue weighted by atomic mass is 10.2. The van der Waals surface area contributed by atoms with E-state index in [1.54, 1.807) is 13.0 Å². The lowest BCUT2D eigenvalue weighted by molar-refractivity contribution is 0.0862. The van der Waals surface area contributed by atoms with Crippen LogP contribution in [-0.4, -0.2) is 39.0 Å². The Balaban J connectivity index is 1.98. The lowest BCUT2D eigenvalue weighted by Crippen LogP contribution is -2.30. The summed E-state index contributed by atoms with van der Waals surface area (Å²) in [6.07, 6.45) is 0.0601. The Bertz CT molecular complexity index is 970. The number of methoxy groups -OCH3 is 1. The number of aryl methyl sites for hydroxylation is 1. The van der Waals surface area contributed by atoms with Gasteiger partial charge in [-0.3, -0.25) is 4.72 Å². The number of nitrogens with one attached hydrogen (secondary N) is 2. The van der Waals surface area contributed by atoms with Crippen molar-refractivity contribution < 1.29 is 32.3 Å². The first-order chi connectivity index (χ1) is 14.2. The maximum absolute atomic E-state index is 14.7. The van der Waals surface area contributed by atoms with Crippen molar-refractivity contribution in [3.05, 3.63) is 47.3 Å². The van der Waals surface area contributed by atoms with Crippen molar-refractivity contribution in [2.45, 2.75) is 37.0 Å². The lowest BCUT2D eigenvalue weighted by Gasteiger charge is -2.22. The van der Waals surface area contributed by atoms with E-state index in [9.17, 15) is 22.5 Å². The number of hydrogen-bond acceptors (Lipinski definition) is 5. The van der Waals surface area contributed by atoms with E-state index in [2.05, 4.69) is 10.0 Å². The largest absolute Gasteiger partial charge is 0.494 e. The Kier molecular flexibility index (Phi) is 6.59. The minimum Gasteiger partial charge on any atom is -0.494 e. The van der Waals surface area contributed by atoms with Crippen LogP contribution in [0.5, 0.6) is 5.75 Å². The molecular formula is C20H23F3N2O4S. The van der Waals surface area contributed by atoms with E-state index >= 15 is 0 Å². The summed E-state index contributed by atoms with van der Waals surface area (Å²) in [5, 5.41) is 21.3. The van der Waals surface area contributed by atoms with Crippen LogP contribution in [0.3, 0.4) is 0 Å². The number of anilines is 3. The summed E-state index contributed by atoms with van der Waals surface area (Å²) in [4.78, 5) is 0. The summed E-state index contributed by atoms with van der Waals surface area (Å²) in [6.45, 7) is 1.21. The van der Waals surface area contributed by atoms with Crippen LogP contribution in [0.1, 0.15) is 24.8 Å². The van der Waals surface area contributed by atoms with Gasteiger partial charge in [-0.05, 0) is 43.9 Å². The number of ether oxygens (including phenoxy) is 1. The quantitative estimate of drug-likeness (QED) is 0.475. The number of halogens is 3. The SMILES string of the molecule is COc1cc(F)c(F)c(Nc2ccc(C)cc2F)c1NS(=O)C1(C[C@H](O)CO)CC1. The van der Waals surface area contributed by atoms with E-state index in [0.717, 1.165) is 6.07 Å². The third kappa shape index (κ3) is 4.55. The van der Waals surface area contributed by atoms with Gasteiger partial charge in [0, 0.05) is 6.07 Å². The molecule has 2 aromatic rings. The maximum atomic E-state index is 14.7. The number of aliphatic hydroxyl groups excluding tert-OH is 2. The van der Waals surface area contributed by atoms with Gasteiger partial charge < -0.3 is 20.3 Å². The Morgan fingerprint density at radius 2 is 1.90 bits per heavy atom. The van der Waals surface area contributed by atoms with Gasteiger partial charge in [-0.1, -0.05) is 6.07 Å². The fourth-order valence-electron chi connectivity index (χ4n) is 3.14. The molecule has 1 unspecified atom stereocenters. The third-order valence-corrected chi connectivity index (χ3v) is 6.75. The van der Waals surface area contributed by atoms with Gasteiger partial charge in [-0.15, -0.1) is 0 Å². The Labute approximate surface area is 174 Å². The number of aliphatic hydroxyl groups is 2. The molecule has 3 rings (SSSR count). The molecule has 1 aliphatic carbocycles. The molecule has 10 heteroatoms. The summed E-state index contributed by atoms with van der Waals surface area (Å²) in [5.74, 6) is -3.32. The Morgan fingerprint density at radius 1 is 1.20 bits per heavy atom. The molecular weight excluding hydrogens is 421 g/mol. The van der Waals surface area contributed by atoms with E-state index < -0.39 is 51.6 Å². The molecule has 1 aliphatic rings. The Hall–Kier alpha value is -2.30. The first-order valence-electron chi connectivity index (χ1n) is 9.27. The van der Waals surface area contributed by atoms with E-state index in [4.69, 9.17) is 9.84 Å². The van der Waals surface area contributed by atoms with Gasteiger partial charge in [-0.2, -0.15) is 0 Å². The van der Waals surface area contributed by atoms with Crippen molar-refractivity contribution in [2.24, 2.45) is 0 Å².